The molecule has 0 radical (unpaired) electrons. The molecule has 0 aliphatic heterocycles. The normalized spacial score (nSPS) is 12.9. The Balaban J connectivity index is 4.43. The van der Waals surface area contributed by atoms with E-state index in [0.29, 0.717) is 19.3 Å². The Hall–Kier alpha value is -3.41. The van der Waals surface area contributed by atoms with Crippen LogP contribution in [0.1, 0.15) is 181 Å². The number of carbonyl (C=O) groups excluding carboxylic acids is 3. The minimum Gasteiger partial charge on any atom is -0.462 e. The lowest BCUT2D eigenvalue weighted by molar-refractivity contribution is -0.167. The summed E-state index contributed by atoms with van der Waals surface area (Å²) in [6.45, 7) is 6.19. The maximum Gasteiger partial charge on any atom is 0.306 e. The van der Waals surface area contributed by atoms with Crippen molar-refractivity contribution >= 4 is 17.9 Å². The van der Waals surface area contributed by atoms with E-state index in [2.05, 4.69) is 106 Å². The number of unbranched alkanes of at least 4 members (excludes halogenated alkanes) is 14. The van der Waals surface area contributed by atoms with Gasteiger partial charge in [-0.15, -0.1) is 0 Å². The Morgan fingerprint density at radius 3 is 1.26 bits per heavy atom. The molecule has 54 heavy (non-hydrogen) atoms. The molecular formula is C48H78O6. The molecule has 0 spiro atoms. The summed E-state index contributed by atoms with van der Waals surface area (Å²) in [5, 5.41) is 0. The van der Waals surface area contributed by atoms with Crippen LogP contribution in [0.25, 0.3) is 0 Å². The number of carbonyl (C=O) groups is 3. The molecule has 0 fully saturated rings. The van der Waals surface area contributed by atoms with Gasteiger partial charge in [0, 0.05) is 19.3 Å². The first-order chi connectivity index (χ1) is 26.5. The molecule has 0 aliphatic carbocycles. The number of allylic oxidation sites excluding steroid dienone is 14. The molecular weight excluding hydrogens is 673 g/mol. The Bertz CT molecular complexity index is 1090. The molecule has 0 bridgehead atoms. The minimum absolute atomic E-state index is 0.101. The molecule has 0 N–H and O–H groups in total. The van der Waals surface area contributed by atoms with Gasteiger partial charge in [0.15, 0.2) is 6.10 Å². The first kappa shape index (κ1) is 50.6. The second-order valence-corrected chi connectivity index (χ2v) is 13.9. The molecule has 0 saturated carbocycles. The Morgan fingerprint density at radius 2 is 0.759 bits per heavy atom. The molecule has 0 aromatic carbocycles. The third-order valence-corrected chi connectivity index (χ3v) is 8.69. The fraction of sp³-hybridized carbons (Fsp3) is 0.646. The zero-order chi connectivity index (χ0) is 39.4. The number of esters is 3. The van der Waals surface area contributed by atoms with Crippen molar-refractivity contribution in [3.05, 3.63) is 85.1 Å². The fourth-order valence-electron chi connectivity index (χ4n) is 5.51. The lowest BCUT2D eigenvalue weighted by Gasteiger charge is -2.18. The predicted octanol–water partition coefficient (Wildman–Crippen LogP) is 13.7. The molecule has 0 saturated heterocycles. The summed E-state index contributed by atoms with van der Waals surface area (Å²) in [5.41, 5.74) is 0. The van der Waals surface area contributed by atoms with Crippen LogP contribution in [0.3, 0.4) is 0 Å². The average molecular weight is 751 g/mol. The van der Waals surface area contributed by atoms with E-state index < -0.39 is 6.10 Å². The van der Waals surface area contributed by atoms with Crippen molar-refractivity contribution in [2.75, 3.05) is 13.2 Å². The van der Waals surface area contributed by atoms with Crippen molar-refractivity contribution in [1.29, 1.82) is 0 Å². The van der Waals surface area contributed by atoms with E-state index in [0.717, 1.165) is 116 Å². The van der Waals surface area contributed by atoms with E-state index in [1.807, 2.05) is 0 Å². The number of hydrogen-bond donors (Lipinski definition) is 0. The summed E-state index contributed by atoms with van der Waals surface area (Å²) in [7, 11) is 0. The van der Waals surface area contributed by atoms with Gasteiger partial charge in [-0.1, -0.05) is 157 Å². The number of hydrogen-bond acceptors (Lipinski definition) is 6. The standard InChI is InChI=1S/C48H78O6/c1-4-7-10-13-16-19-21-23-24-25-27-29-32-35-38-41-47(50)53-44-45(43-52-46(49)40-37-34-31-28-18-15-12-9-6-3)54-48(51)42-39-36-33-30-26-22-20-17-14-11-8-5-2/h7-13,16-21,28,45H,4-6,14-15,22-27,29-44H2,1-3H3/b10-7-,11-8-,12-9-,16-13-,20-17-,21-19-,28-18-. The van der Waals surface area contributed by atoms with Gasteiger partial charge in [-0.2, -0.15) is 0 Å². The molecule has 0 aromatic heterocycles. The topological polar surface area (TPSA) is 78.9 Å². The van der Waals surface area contributed by atoms with Gasteiger partial charge >= 0.3 is 17.9 Å². The van der Waals surface area contributed by atoms with E-state index >= 15 is 0 Å². The zero-order valence-electron chi connectivity index (χ0n) is 34.7. The van der Waals surface area contributed by atoms with E-state index in [4.69, 9.17) is 14.2 Å². The molecule has 1 atom stereocenters. The quantitative estimate of drug-likeness (QED) is 0.0207. The average Bonchev–Trinajstić information content (AvgIpc) is 3.17. The van der Waals surface area contributed by atoms with E-state index in [-0.39, 0.29) is 31.1 Å². The minimum atomic E-state index is -0.799. The summed E-state index contributed by atoms with van der Waals surface area (Å²) in [6, 6.07) is 0. The molecule has 0 heterocycles. The highest BCUT2D eigenvalue weighted by Gasteiger charge is 2.19. The van der Waals surface area contributed by atoms with Gasteiger partial charge in [-0.25, -0.2) is 0 Å². The van der Waals surface area contributed by atoms with E-state index in [9.17, 15) is 14.4 Å². The smallest absolute Gasteiger partial charge is 0.306 e. The third kappa shape index (κ3) is 39.8. The monoisotopic (exact) mass is 751 g/mol. The highest BCUT2D eigenvalue weighted by atomic mass is 16.6. The van der Waals surface area contributed by atoms with Crippen molar-refractivity contribution in [2.24, 2.45) is 0 Å². The van der Waals surface area contributed by atoms with Crippen LogP contribution in [0.2, 0.25) is 0 Å². The number of ether oxygens (including phenoxy) is 3. The molecule has 0 rings (SSSR count). The highest BCUT2D eigenvalue weighted by molar-refractivity contribution is 5.71. The SMILES string of the molecule is CC\C=C/C=C\C=C/CCCCCCCCCC(=O)OCC(COC(=O)CCCC/C=C\C/C=C\CC)OC(=O)CCCCCCC/C=C\C/C=C\CC. The van der Waals surface area contributed by atoms with Crippen molar-refractivity contribution in [3.63, 3.8) is 0 Å². The van der Waals surface area contributed by atoms with Gasteiger partial charge < -0.3 is 14.2 Å². The molecule has 0 amide bonds. The molecule has 0 aromatic rings. The van der Waals surface area contributed by atoms with Crippen LogP contribution in [-0.2, 0) is 28.6 Å². The van der Waals surface area contributed by atoms with Crippen molar-refractivity contribution in [3.8, 4) is 0 Å². The van der Waals surface area contributed by atoms with Crippen molar-refractivity contribution < 1.29 is 28.6 Å². The predicted molar refractivity (Wildman–Crippen MR) is 228 cm³/mol. The Morgan fingerprint density at radius 1 is 0.389 bits per heavy atom. The largest absolute Gasteiger partial charge is 0.462 e. The van der Waals surface area contributed by atoms with Crippen LogP contribution in [0, 0.1) is 0 Å². The molecule has 1 unspecified atom stereocenters. The highest BCUT2D eigenvalue weighted by Crippen LogP contribution is 2.13. The van der Waals surface area contributed by atoms with Gasteiger partial charge in [-0.05, 0) is 89.9 Å². The summed E-state index contributed by atoms with van der Waals surface area (Å²) in [4.78, 5) is 37.6. The molecule has 0 aliphatic rings. The summed E-state index contributed by atoms with van der Waals surface area (Å²) in [5.74, 6) is -0.976. The number of rotatable bonds is 37. The van der Waals surface area contributed by atoms with Crippen LogP contribution >= 0.6 is 0 Å². The summed E-state index contributed by atoms with van der Waals surface area (Å²) >= 11 is 0. The summed E-state index contributed by atoms with van der Waals surface area (Å²) < 4.78 is 16.6. The van der Waals surface area contributed by atoms with Crippen LogP contribution in [0.15, 0.2) is 85.1 Å². The maximum absolute atomic E-state index is 12.7. The van der Waals surface area contributed by atoms with Gasteiger partial charge in [-0.3, -0.25) is 14.4 Å². The molecule has 6 nitrogen and oxygen atoms in total. The lowest BCUT2D eigenvalue weighted by atomic mass is 10.1. The zero-order valence-corrected chi connectivity index (χ0v) is 34.7. The fourth-order valence-corrected chi connectivity index (χ4v) is 5.51. The van der Waals surface area contributed by atoms with Crippen molar-refractivity contribution in [2.45, 2.75) is 187 Å². The maximum atomic E-state index is 12.7. The first-order valence-electron chi connectivity index (χ1n) is 21.6. The van der Waals surface area contributed by atoms with Crippen LogP contribution in [0.5, 0.6) is 0 Å². The van der Waals surface area contributed by atoms with Crippen LogP contribution in [-0.4, -0.2) is 37.2 Å². The van der Waals surface area contributed by atoms with Gasteiger partial charge in [0.2, 0.25) is 0 Å². The second-order valence-electron chi connectivity index (χ2n) is 13.9. The van der Waals surface area contributed by atoms with E-state index in [1.54, 1.807) is 0 Å². The van der Waals surface area contributed by atoms with Crippen LogP contribution in [0.4, 0.5) is 0 Å². The molecule has 306 valence electrons. The Labute approximate surface area is 331 Å². The molecule has 6 heteroatoms. The van der Waals surface area contributed by atoms with Crippen LogP contribution < -0.4 is 0 Å². The third-order valence-electron chi connectivity index (χ3n) is 8.69. The lowest BCUT2D eigenvalue weighted by Crippen LogP contribution is -2.30. The van der Waals surface area contributed by atoms with Gasteiger partial charge in [0.25, 0.3) is 0 Å². The van der Waals surface area contributed by atoms with Gasteiger partial charge in [0.05, 0.1) is 0 Å². The van der Waals surface area contributed by atoms with Crippen molar-refractivity contribution in [1.82, 2.24) is 0 Å². The Kier molecular flexibility index (Phi) is 39.7. The second kappa shape index (κ2) is 42.3. The summed E-state index contributed by atoms with van der Waals surface area (Å²) in [6.07, 6.45) is 52.9. The van der Waals surface area contributed by atoms with Gasteiger partial charge in [0.1, 0.15) is 13.2 Å². The van der Waals surface area contributed by atoms with E-state index in [1.165, 1.54) is 25.7 Å². The first-order valence-corrected chi connectivity index (χ1v) is 21.6.